The lowest BCUT2D eigenvalue weighted by Gasteiger charge is -2.13. The molecule has 1 heterocycles. The zero-order valence-corrected chi connectivity index (χ0v) is 13.2. The monoisotopic (exact) mass is 323 g/mol. The minimum absolute atomic E-state index is 0.00778. The van der Waals surface area contributed by atoms with Gasteiger partial charge >= 0.3 is 0 Å². The molecule has 0 bridgehead atoms. The number of benzene rings is 2. The Morgan fingerprint density at radius 1 is 1.29 bits per heavy atom. The van der Waals surface area contributed by atoms with E-state index in [0.29, 0.717) is 22.3 Å². The highest BCUT2D eigenvalue weighted by molar-refractivity contribution is 5.93. The van der Waals surface area contributed by atoms with E-state index in [1.807, 2.05) is 31.2 Å². The fourth-order valence-corrected chi connectivity index (χ4v) is 2.55. The summed E-state index contributed by atoms with van der Waals surface area (Å²) in [4.78, 5) is 12.9. The number of hydrogen-bond acceptors (Lipinski definition) is 5. The number of carbonyl (C=O) groups excluding carboxylic acids is 1. The molecule has 0 aliphatic carbocycles. The Morgan fingerprint density at radius 2 is 1.92 bits per heavy atom. The maximum absolute atomic E-state index is 11.5. The average Bonchev–Trinajstić information content (AvgIpc) is 3.00. The van der Waals surface area contributed by atoms with Crippen molar-refractivity contribution in [3.05, 3.63) is 60.2 Å². The van der Waals surface area contributed by atoms with Gasteiger partial charge < -0.3 is 10.2 Å². The Balaban J connectivity index is 2.05. The lowest BCUT2D eigenvalue weighted by atomic mass is 10.0. The molecule has 0 fully saturated rings. The van der Waals surface area contributed by atoms with E-state index in [0.717, 1.165) is 11.6 Å². The Hall–Kier alpha value is -2.99. The zero-order chi connectivity index (χ0) is 17.3. The van der Waals surface area contributed by atoms with Crippen molar-refractivity contribution in [1.29, 1.82) is 0 Å². The van der Waals surface area contributed by atoms with E-state index < -0.39 is 11.9 Å². The van der Waals surface area contributed by atoms with Gasteiger partial charge in [0, 0.05) is 6.42 Å². The van der Waals surface area contributed by atoms with Crippen molar-refractivity contribution in [2.75, 3.05) is 0 Å². The summed E-state index contributed by atoms with van der Waals surface area (Å²) in [6.45, 7) is 5.22. The molecular weight excluding hydrogens is 306 g/mol. The molecule has 6 nitrogen and oxygen atoms in total. The summed E-state index contributed by atoms with van der Waals surface area (Å²) in [5.41, 5.74) is 3.13. The quantitative estimate of drug-likeness (QED) is 0.702. The number of aromatic hydroxyl groups is 1. The zero-order valence-electron chi connectivity index (χ0n) is 13.2. The fraction of sp³-hybridized carbons (Fsp3) is 0.167. The van der Waals surface area contributed by atoms with Crippen LogP contribution in [0.15, 0.2) is 49.1 Å². The molecule has 0 spiro atoms. The second kappa shape index (κ2) is 6.25. The van der Waals surface area contributed by atoms with Gasteiger partial charge in [-0.05, 0) is 42.3 Å². The van der Waals surface area contributed by atoms with Gasteiger partial charge in [0.05, 0.1) is 0 Å². The van der Waals surface area contributed by atoms with E-state index in [9.17, 15) is 15.0 Å². The molecule has 1 unspecified atom stereocenters. The summed E-state index contributed by atoms with van der Waals surface area (Å²) in [7, 11) is 0. The van der Waals surface area contributed by atoms with Gasteiger partial charge in [-0.15, -0.1) is 15.0 Å². The van der Waals surface area contributed by atoms with Crippen LogP contribution in [0.1, 0.15) is 11.1 Å². The molecule has 0 radical (unpaired) electrons. The molecule has 1 aromatic heterocycles. The third kappa shape index (κ3) is 2.91. The van der Waals surface area contributed by atoms with Gasteiger partial charge in [0.2, 0.25) is 0 Å². The van der Waals surface area contributed by atoms with Crippen LogP contribution in [-0.2, 0) is 11.2 Å². The molecule has 2 N–H and O–H groups in total. The summed E-state index contributed by atoms with van der Waals surface area (Å²) in [5, 5.41) is 29.2. The van der Waals surface area contributed by atoms with Crippen LogP contribution in [0, 0.1) is 6.92 Å². The van der Waals surface area contributed by atoms with Crippen LogP contribution >= 0.6 is 0 Å². The topological polar surface area (TPSA) is 88.2 Å². The fourth-order valence-electron chi connectivity index (χ4n) is 2.55. The lowest BCUT2D eigenvalue weighted by molar-refractivity contribution is -0.122. The summed E-state index contributed by atoms with van der Waals surface area (Å²) in [5.74, 6) is -0.544. The molecule has 0 saturated carbocycles. The lowest BCUT2D eigenvalue weighted by Crippen LogP contribution is -2.21. The highest BCUT2D eigenvalue weighted by atomic mass is 16.3. The number of phenolic OH excluding ortho intramolecular Hbond substituents is 1. The number of rotatable bonds is 5. The first-order valence-electron chi connectivity index (χ1n) is 7.49. The number of fused-ring (bicyclic) bond motifs is 1. The van der Waals surface area contributed by atoms with Gasteiger partial charge in [0.25, 0.3) is 0 Å². The molecular formula is C18H17N3O3. The van der Waals surface area contributed by atoms with E-state index in [1.54, 1.807) is 12.1 Å². The summed E-state index contributed by atoms with van der Waals surface area (Å²) in [6.07, 6.45) is -0.181. The standard InChI is InChI=1S/C18H17N3O3/c1-3-16(22)17(23)10-12-8-11(2)9-15(18(12)24)21-19-13-6-4-5-7-14(13)20-21/h3-9,17,23-24H,1,10H2,2H3. The molecule has 3 aromatic rings. The average molecular weight is 323 g/mol. The number of aromatic nitrogens is 3. The van der Waals surface area contributed by atoms with Gasteiger partial charge in [-0.25, -0.2) is 0 Å². The van der Waals surface area contributed by atoms with Crippen LogP contribution in [-0.4, -0.2) is 37.1 Å². The first-order chi connectivity index (χ1) is 11.5. The minimum Gasteiger partial charge on any atom is -0.505 e. The van der Waals surface area contributed by atoms with E-state index in [-0.39, 0.29) is 12.2 Å². The number of aliphatic hydroxyl groups is 1. The summed E-state index contributed by atoms with van der Waals surface area (Å²) < 4.78 is 0. The molecule has 24 heavy (non-hydrogen) atoms. The normalized spacial score (nSPS) is 12.2. The van der Waals surface area contributed by atoms with E-state index in [1.165, 1.54) is 4.80 Å². The van der Waals surface area contributed by atoms with Crippen molar-refractivity contribution in [3.63, 3.8) is 0 Å². The molecule has 0 aliphatic heterocycles. The van der Waals surface area contributed by atoms with Crippen molar-refractivity contribution in [1.82, 2.24) is 15.0 Å². The molecule has 0 amide bonds. The predicted molar refractivity (Wildman–Crippen MR) is 90.2 cm³/mol. The smallest absolute Gasteiger partial charge is 0.183 e. The Kier molecular flexibility index (Phi) is 4.14. The van der Waals surface area contributed by atoms with Gasteiger partial charge in [0.1, 0.15) is 28.6 Å². The SMILES string of the molecule is C=CC(=O)C(O)Cc1cc(C)cc(-n2nc3ccccc3n2)c1O. The molecule has 2 aromatic carbocycles. The maximum Gasteiger partial charge on any atom is 0.183 e. The second-order valence-corrected chi connectivity index (χ2v) is 5.60. The van der Waals surface area contributed by atoms with E-state index >= 15 is 0 Å². The maximum atomic E-state index is 11.5. The number of carbonyl (C=O) groups is 1. The van der Waals surface area contributed by atoms with Crippen molar-refractivity contribution >= 4 is 16.8 Å². The largest absolute Gasteiger partial charge is 0.505 e. The van der Waals surface area contributed by atoms with Crippen molar-refractivity contribution in [2.24, 2.45) is 0 Å². The van der Waals surface area contributed by atoms with E-state index in [4.69, 9.17) is 0 Å². The molecule has 6 heteroatoms. The van der Waals surface area contributed by atoms with Crippen LogP contribution in [0.3, 0.4) is 0 Å². The number of ketones is 1. The van der Waals surface area contributed by atoms with Crippen LogP contribution in [0.4, 0.5) is 0 Å². The Bertz CT molecular complexity index is 897. The molecule has 3 rings (SSSR count). The Morgan fingerprint density at radius 3 is 2.50 bits per heavy atom. The minimum atomic E-state index is -1.24. The molecule has 0 saturated heterocycles. The third-order valence-corrected chi connectivity index (χ3v) is 3.76. The van der Waals surface area contributed by atoms with Crippen LogP contribution in [0.25, 0.3) is 16.7 Å². The van der Waals surface area contributed by atoms with Gasteiger partial charge in [-0.2, -0.15) is 0 Å². The first-order valence-corrected chi connectivity index (χ1v) is 7.49. The number of phenols is 1. The molecule has 0 aliphatic rings. The van der Waals surface area contributed by atoms with E-state index in [2.05, 4.69) is 16.8 Å². The van der Waals surface area contributed by atoms with Crippen LogP contribution < -0.4 is 0 Å². The third-order valence-electron chi connectivity index (χ3n) is 3.76. The van der Waals surface area contributed by atoms with Crippen LogP contribution in [0.5, 0.6) is 5.75 Å². The predicted octanol–water partition coefficient (Wildman–Crippen LogP) is 2.09. The van der Waals surface area contributed by atoms with Crippen molar-refractivity contribution in [3.8, 4) is 11.4 Å². The van der Waals surface area contributed by atoms with Gasteiger partial charge in [-0.3, -0.25) is 4.79 Å². The molecule has 122 valence electrons. The number of aliphatic hydroxyl groups excluding tert-OH is 1. The van der Waals surface area contributed by atoms with Crippen molar-refractivity contribution < 1.29 is 15.0 Å². The number of aryl methyl sites for hydroxylation is 1. The van der Waals surface area contributed by atoms with Crippen LogP contribution in [0.2, 0.25) is 0 Å². The van der Waals surface area contributed by atoms with Crippen molar-refractivity contribution in [2.45, 2.75) is 19.4 Å². The Labute approximate surface area is 138 Å². The summed E-state index contributed by atoms with van der Waals surface area (Å²) in [6, 6.07) is 10.9. The van der Waals surface area contributed by atoms with Gasteiger partial charge in [0.15, 0.2) is 5.78 Å². The second-order valence-electron chi connectivity index (χ2n) is 5.60. The first kappa shape index (κ1) is 15.9. The summed E-state index contributed by atoms with van der Waals surface area (Å²) >= 11 is 0. The van der Waals surface area contributed by atoms with Gasteiger partial charge in [-0.1, -0.05) is 24.8 Å². The highest BCUT2D eigenvalue weighted by Crippen LogP contribution is 2.29. The number of nitrogens with zero attached hydrogens (tertiary/aromatic N) is 3. The number of hydrogen-bond donors (Lipinski definition) is 2. The molecule has 1 atom stereocenters. The highest BCUT2D eigenvalue weighted by Gasteiger charge is 2.18.